The Labute approximate surface area is 95.2 Å². The van der Waals surface area contributed by atoms with Crippen LogP contribution in [0.1, 0.15) is 17.2 Å². The van der Waals surface area contributed by atoms with E-state index in [4.69, 9.17) is 16.7 Å². The molecule has 2 N–H and O–H groups in total. The predicted octanol–water partition coefficient (Wildman–Crippen LogP) is 1.67. The van der Waals surface area contributed by atoms with Gasteiger partial charge in [0.15, 0.2) is 6.10 Å². The summed E-state index contributed by atoms with van der Waals surface area (Å²) in [5, 5.41) is 28.4. The first kappa shape index (κ1) is 12.4. The summed E-state index contributed by atoms with van der Waals surface area (Å²) in [6.45, 7) is 1.55. The van der Waals surface area contributed by atoms with E-state index >= 15 is 0 Å². The lowest BCUT2D eigenvalue weighted by Gasteiger charge is -2.08. The third kappa shape index (κ3) is 2.12. The third-order valence-electron chi connectivity index (χ3n) is 2.05. The van der Waals surface area contributed by atoms with Crippen LogP contribution in [0, 0.1) is 17.0 Å². The zero-order valence-corrected chi connectivity index (χ0v) is 8.93. The Bertz CT molecular complexity index is 459. The standard InChI is InChI=1S/C9H8ClNO5/c1-4-2-3-5(8(12)9(13)14)7(6(4)10)11(15)16/h2-3,8,12H,1H3,(H,13,14). The second kappa shape index (κ2) is 4.46. The highest BCUT2D eigenvalue weighted by molar-refractivity contribution is 6.33. The van der Waals surface area contributed by atoms with Gasteiger partial charge in [-0.25, -0.2) is 4.79 Å². The van der Waals surface area contributed by atoms with Crippen molar-refractivity contribution >= 4 is 23.3 Å². The van der Waals surface area contributed by atoms with Gasteiger partial charge in [0.2, 0.25) is 0 Å². The molecule has 1 aromatic rings. The normalized spacial score (nSPS) is 12.2. The molecule has 0 amide bonds. The molecule has 1 atom stereocenters. The molecule has 0 aliphatic carbocycles. The molecule has 0 aromatic heterocycles. The van der Waals surface area contributed by atoms with Crippen molar-refractivity contribution in [2.24, 2.45) is 0 Å². The predicted molar refractivity (Wildman–Crippen MR) is 55.4 cm³/mol. The number of nitro groups is 1. The Hall–Kier alpha value is -1.66. The molecule has 0 radical (unpaired) electrons. The van der Waals surface area contributed by atoms with Crippen molar-refractivity contribution in [2.45, 2.75) is 13.0 Å². The molecule has 1 unspecified atom stereocenters. The van der Waals surface area contributed by atoms with Crippen molar-refractivity contribution < 1.29 is 19.9 Å². The number of aliphatic hydroxyl groups is 1. The monoisotopic (exact) mass is 245 g/mol. The number of rotatable bonds is 3. The minimum Gasteiger partial charge on any atom is -0.479 e. The topological polar surface area (TPSA) is 101 Å². The van der Waals surface area contributed by atoms with E-state index < -0.39 is 22.7 Å². The maximum atomic E-state index is 10.7. The van der Waals surface area contributed by atoms with Crippen LogP contribution in [0.25, 0.3) is 0 Å². The number of aliphatic carboxylic acids is 1. The summed E-state index contributed by atoms with van der Waals surface area (Å²) >= 11 is 5.70. The van der Waals surface area contributed by atoms with Crippen LogP contribution in [-0.4, -0.2) is 21.1 Å². The highest BCUT2D eigenvalue weighted by Gasteiger charge is 2.28. The van der Waals surface area contributed by atoms with Crippen LogP contribution in [0.15, 0.2) is 12.1 Å². The first-order valence-corrected chi connectivity index (χ1v) is 4.58. The highest BCUT2D eigenvalue weighted by Crippen LogP contribution is 2.34. The highest BCUT2D eigenvalue weighted by atomic mass is 35.5. The lowest BCUT2D eigenvalue weighted by Crippen LogP contribution is -2.13. The zero-order chi connectivity index (χ0) is 12.5. The molecule has 0 bridgehead atoms. The van der Waals surface area contributed by atoms with Crippen LogP contribution >= 0.6 is 11.6 Å². The van der Waals surface area contributed by atoms with E-state index in [-0.39, 0.29) is 10.6 Å². The molecular weight excluding hydrogens is 238 g/mol. The Kier molecular flexibility index (Phi) is 3.46. The van der Waals surface area contributed by atoms with Crippen molar-refractivity contribution in [1.29, 1.82) is 0 Å². The van der Waals surface area contributed by atoms with Gasteiger partial charge < -0.3 is 10.2 Å². The van der Waals surface area contributed by atoms with E-state index in [0.717, 1.165) is 0 Å². The van der Waals surface area contributed by atoms with Gasteiger partial charge >= 0.3 is 5.97 Å². The largest absolute Gasteiger partial charge is 0.479 e. The number of aliphatic hydroxyl groups excluding tert-OH is 1. The minimum atomic E-state index is -1.96. The van der Waals surface area contributed by atoms with E-state index in [0.29, 0.717) is 5.56 Å². The average Bonchev–Trinajstić information content (AvgIpc) is 2.20. The fraction of sp³-hybridized carbons (Fsp3) is 0.222. The summed E-state index contributed by atoms with van der Waals surface area (Å²) in [6, 6.07) is 2.59. The molecule has 0 saturated carbocycles. The lowest BCUT2D eigenvalue weighted by atomic mass is 10.0. The minimum absolute atomic E-state index is 0.164. The lowest BCUT2D eigenvalue weighted by molar-refractivity contribution is -0.386. The van der Waals surface area contributed by atoms with Gasteiger partial charge in [-0.2, -0.15) is 0 Å². The molecule has 0 spiro atoms. The molecule has 6 nitrogen and oxygen atoms in total. The summed E-state index contributed by atoms with van der Waals surface area (Å²) < 4.78 is 0. The summed E-state index contributed by atoms with van der Waals surface area (Å²) in [5.74, 6) is -1.57. The number of hydrogen-bond donors (Lipinski definition) is 2. The van der Waals surface area contributed by atoms with E-state index in [2.05, 4.69) is 0 Å². The van der Waals surface area contributed by atoms with Gasteiger partial charge in [0.1, 0.15) is 5.02 Å². The third-order valence-corrected chi connectivity index (χ3v) is 2.53. The van der Waals surface area contributed by atoms with E-state index in [1.165, 1.54) is 12.1 Å². The van der Waals surface area contributed by atoms with Gasteiger partial charge in [0.25, 0.3) is 5.69 Å². The molecule has 16 heavy (non-hydrogen) atoms. The number of halogens is 1. The van der Waals surface area contributed by atoms with Gasteiger partial charge in [0, 0.05) is 0 Å². The molecular formula is C9H8ClNO5. The smallest absolute Gasteiger partial charge is 0.337 e. The Morgan fingerprint density at radius 1 is 1.56 bits per heavy atom. The Morgan fingerprint density at radius 2 is 2.12 bits per heavy atom. The average molecular weight is 246 g/mol. The number of hydrogen-bond acceptors (Lipinski definition) is 4. The summed E-state index contributed by atoms with van der Waals surface area (Å²) in [5.41, 5.74) is -0.459. The first-order valence-electron chi connectivity index (χ1n) is 4.20. The van der Waals surface area contributed by atoms with Crippen LogP contribution in [-0.2, 0) is 4.79 Å². The van der Waals surface area contributed by atoms with Crippen LogP contribution in [0.3, 0.4) is 0 Å². The summed E-state index contributed by atoms with van der Waals surface area (Å²) in [4.78, 5) is 20.5. The molecule has 0 saturated heterocycles. The zero-order valence-electron chi connectivity index (χ0n) is 8.18. The molecule has 7 heteroatoms. The number of carboxylic acids is 1. The number of nitrogens with zero attached hydrogens (tertiary/aromatic N) is 1. The molecule has 0 fully saturated rings. The van der Waals surface area contributed by atoms with Gasteiger partial charge in [0.05, 0.1) is 10.5 Å². The van der Waals surface area contributed by atoms with Crippen molar-refractivity contribution in [3.63, 3.8) is 0 Å². The number of nitro benzene ring substituents is 1. The van der Waals surface area contributed by atoms with Gasteiger partial charge in [-0.15, -0.1) is 0 Å². The molecule has 0 aliphatic heterocycles. The molecule has 1 rings (SSSR count). The van der Waals surface area contributed by atoms with Crippen molar-refractivity contribution in [3.05, 3.63) is 38.4 Å². The van der Waals surface area contributed by atoms with E-state index in [1.807, 2.05) is 0 Å². The van der Waals surface area contributed by atoms with E-state index in [1.54, 1.807) is 6.92 Å². The second-order valence-corrected chi connectivity index (χ2v) is 3.51. The molecule has 0 heterocycles. The van der Waals surface area contributed by atoms with Gasteiger partial charge in [-0.05, 0) is 18.6 Å². The summed E-state index contributed by atoms with van der Waals surface area (Å²) in [6.07, 6.45) is -1.96. The molecule has 1 aromatic carbocycles. The number of aryl methyl sites for hydroxylation is 1. The van der Waals surface area contributed by atoms with Crippen molar-refractivity contribution in [2.75, 3.05) is 0 Å². The van der Waals surface area contributed by atoms with Crippen LogP contribution in [0.2, 0.25) is 5.02 Å². The fourth-order valence-corrected chi connectivity index (χ4v) is 1.46. The number of carboxylic acid groups (broad SMARTS) is 1. The van der Waals surface area contributed by atoms with Crippen LogP contribution < -0.4 is 0 Å². The second-order valence-electron chi connectivity index (χ2n) is 3.13. The van der Waals surface area contributed by atoms with Crippen molar-refractivity contribution in [1.82, 2.24) is 0 Å². The van der Waals surface area contributed by atoms with Gasteiger partial charge in [-0.1, -0.05) is 17.7 Å². The van der Waals surface area contributed by atoms with Gasteiger partial charge in [-0.3, -0.25) is 10.1 Å². The Balaban J connectivity index is 3.46. The SMILES string of the molecule is Cc1ccc(C(O)C(=O)O)c([N+](=O)[O-])c1Cl. The molecule has 0 aliphatic rings. The molecule has 86 valence electrons. The first-order chi connectivity index (χ1) is 7.36. The number of benzene rings is 1. The summed E-state index contributed by atoms with van der Waals surface area (Å²) in [7, 11) is 0. The Morgan fingerprint density at radius 3 is 2.56 bits per heavy atom. The van der Waals surface area contributed by atoms with E-state index in [9.17, 15) is 20.0 Å². The quantitative estimate of drug-likeness (QED) is 0.623. The van der Waals surface area contributed by atoms with Crippen molar-refractivity contribution in [3.8, 4) is 0 Å². The van der Waals surface area contributed by atoms with Crippen LogP contribution in [0.5, 0.6) is 0 Å². The maximum Gasteiger partial charge on any atom is 0.337 e. The fourth-order valence-electron chi connectivity index (χ4n) is 1.22. The van der Waals surface area contributed by atoms with Crippen LogP contribution in [0.4, 0.5) is 5.69 Å². The number of carbonyl (C=O) groups is 1. The maximum absolute atomic E-state index is 10.7.